The molecule has 7 heterocycles. The van der Waals surface area contributed by atoms with Crippen LogP contribution in [0.25, 0.3) is 0 Å². The lowest BCUT2D eigenvalue weighted by atomic mass is 9.84. The van der Waals surface area contributed by atoms with Crippen LogP contribution in [0.3, 0.4) is 0 Å². The minimum Gasteiger partial charge on any atom is -0.378 e. The van der Waals surface area contributed by atoms with E-state index in [1.165, 1.54) is 138 Å². The van der Waals surface area contributed by atoms with Gasteiger partial charge in [-0.15, -0.1) is 0 Å². The van der Waals surface area contributed by atoms with E-state index in [4.69, 9.17) is 14.2 Å². The fourth-order valence-electron chi connectivity index (χ4n) is 17.9. The van der Waals surface area contributed by atoms with Crippen LogP contribution in [-0.4, -0.2) is 181 Å². The van der Waals surface area contributed by atoms with Crippen molar-refractivity contribution in [1.82, 2.24) is 30.2 Å². The zero-order valence-electron chi connectivity index (χ0n) is 88.2. The Labute approximate surface area is 818 Å². The third-order valence-corrected chi connectivity index (χ3v) is 27.1. The number of carbonyl (C=O) groups excluding carboxylic acids is 4. The van der Waals surface area contributed by atoms with E-state index >= 15 is 0 Å². The zero-order chi connectivity index (χ0) is 98.4. The number of nitrogens with zero attached hydrogens (tertiary/aromatic N) is 6. The molecule has 7 aliphatic heterocycles. The summed E-state index contributed by atoms with van der Waals surface area (Å²) in [6.45, 7) is 73.0. The van der Waals surface area contributed by atoms with E-state index < -0.39 is 0 Å². The van der Waals surface area contributed by atoms with E-state index in [0.29, 0.717) is 32.3 Å². The molecule has 0 unspecified atom stereocenters. The van der Waals surface area contributed by atoms with Crippen molar-refractivity contribution in [3.63, 3.8) is 0 Å². The maximum absolute atomic E-state index is 12.3. The second-order valence-corrected chi connectivity index (χ2v) is 46.7. The highest BCUT2D eigenvalue weighted by atomic mass is 16.5. The Balaban J connectivity index is 0.000000173. The zero-order valence-corrected chi connectivity index (χ0v) is 88.2. The van der Waals surface area contributed by atoms with Crippen LogP contribution in [0.2, 0.25) is 0 Å². The maximum atomic E-state index is 12.3. The Kier molecular flexibility index (Phi) is 41.5. The summed E-state index contributed by atoms with van der Waals surface area (Å²) in [5, 5.41) is 6.59. The number of hydrogen-bond donors (Lipinski definition) is 2. The Morgan fingerprint density at radius 3 is 0.993 bits per heavy atom. The van der Waals surface area contributed by atoms with Crippen molar-refractivity contribution in [2.45, 2.75) is 311 Å². The molecule has 1 saturated carbocycles. The van der Waals surface area contributed by atoms with E-state index in [0.717, 1.165) is 152 Å². The van der Waals surface area contributed by atoms with Gasteiger partial charge < -0.3 is 49.3 Å². The van der Waals surface area contributed by atoms with Crippen LogP contribution in [0, 0.1) is 0 Å². The monoisotopic (exact) mass is 1840 g/mol. The fourth-order valence-corrected chi connectivity index (χ4v) is 17.9. The summed E-state index contributed by atoms with van der Waals surface area (Å²) in [5.74, 6) is 1.35. The quantitative estimate of drug-likeness (QED) is 0.135. The molecule has 0 radical (unpaired) electrons. The Morgan fingerprint density at radius 2 is 0.607 bits per heavy atom. The number of likely N-dealkylation sites (tertiary alicyclic amines) is 3. The minimum atomic E-state index is 0.0707. The normalized spacial score (nSPS) is 17.3. The Hall–Kier alpha value is -8.96. The number of anilines is 2. The molecule has 738 valence electrons. The molecular weight excluding hydrogens is 1670 g/mol. The summed E-state index contributed by atoms with van der Waals surface area (Å²) in [4.78, 5) is 62.3. The molecule has 0 atom stereocenters. The van der Waals surface area contributed by atoms with Crippen molar-refractivity contribution >= 4 is 35.0 Å². The average molecular weight is 1840 g/mol. The molecule has 135 heavy (non-hydrogen) atoms. The van der Waals surface area contributed by atoms with Crippen molar-refractivity contribution in [2.24, 2.45) is 0 Å². The second-order valence-electron chi connectivity index (χ2n) is 46.7. The summed E-state index contributed by atoms with van der Waals surface area (Å²) >= 11 is 0. The Bertz CT molecular complexity index is 4740. The molecule has 1 aliphatic carbocycles. The van der Waals surface area contributed by atoms with Crippen LogP contribution in [0.15, 0.2) is 194 Å². The van der Waals surface area contributed by atoms with Gasteiger partial charge in [0.25, 0.3) is 23.6 Å². The van der Waals surface area contributed by atoms with Crippen LogP contribution >= 0.6 is 0 Å². The smallest absolute Gasteiger partial charge is 0.254 e. The number of benzene rings is 8. The molecule has 0 spiro atoms. The van der Waals surface area contributed by atoms with Gasteiger partial charge in [0.2, 0.25) is 0 Å². The van der Waals surface area contributed by atoms with Gasteiger partial charge in [-0.3, -0.25) is 24.1 Å². The van der Waals surface area contributed by atoms with Gasteiger partial charge >= 0.3 is 0 Å². The highest BCUT2D eigenvalue weighted by Crippen LogP contribution is 2.34. The van der Waals surface area contributed by atoms with Crippen molar-refractivity contribution in [3.8, 4) is 0 Å². The summed E-state index contributed by atoms with van der Waals surface area (Å²) in [5.41, 5.74) is 20.8. The van der Waals surface area contributed by atoms with E-state index in [1.807, 2.05) is 87.5 Å². The van der Waals surface area contributed by atoms with Crippen molar-refractivity contribution in [3.05, 3.63) is 272 Å². The van der Waals surface area contributed by atoms with Crippen molar-refractivity contribution < 1.29 is 33.4 Å². The summed E-state index contributed by atoms with van der Waals surface area (Å²) in [6, 6.07) is 68.6. The van der Waals surface area contributed by atoms with Gasteiger partial charge in [-0.25, -0.2) is 0 Å². The Morgan fingerprint density at radius 1 is 0.296 bits per heavy atom. The lowest BCUT2D eigenvalue weighted by Gasteiger charge is -2.30. The summed E-state index contributed by atoms with van der Waals surface area (Å²) in [7, 11) is 0. The van der Waals surface area contributed by atoms with Gasteiger partial charge in [-0.1, -0.05) is 307 Å². The predicted molar refractivity (Wildman–Crippen MR) is 568 cm³/mol. The number of nitrogens with one attached hydrogen (secondary N) is 2. The van der Waals surface area contributed by atoms with E-state index in [9.17, 15) is 19.2 Å². The van der Waals surface area contributed by atoms with E-state index in [2.05, 4.69) is 313 Å². The number of ether oxygens (including phenoxy) is 3. The number of morpholine rings is 3. The molecule has 0 aromatic heterocycles. The molecule has 16 rings (SSSR count). The van der Waals surface area contributed by atoms with Gasteiger partial charge in [0.1, 0.15) is 0 Å². The largest absolute Gasteiger partial charge is 0.378 e. The van der Waals surface area contributed by atoms with Gasteiger partial charge in [-0.05, 0) is 268 Å². The van der Waals surface area contributed by atoms with Crippen LogP contribution < -0.4 is 20.4 Å². The van der Waals surface area contributed by atoms with Crippen molar-refractivity contribution in [1.29, 1.82) is 0 Å². The minimum absolute atomic E-state index is 0.0707. The highest BCUT2D eigenvalue weighted by molar-refractivity contribution is 5.96. The third kappa shape index (κ3) is 36.4. The molecule has 4 amide bonds. The van der Waals surface area contributed by atoms with Gasteiger partial charge in [0.05, 0.1) is 39.6 Å². The molecular formula is C120H176N8O7. The van der Waals surface area contributed by atoms with Crippen LogP contribution in [-0.2, 0) is 64.1 Å². The third-order valence-electron chi connectivity index (χ3n) is 27.1. The molecule has 0 bridgehead atoms. The molecule has 8 aromatic rings. The number of rotatable bonds is 10. The first kappa shape index (κ1) is 110. The van der Waals surface area contributed by atoms with E-state index in [1.54, 1.807) is 0 Å². The van der Waals surface area contributed by atoms with Crippen LogP contribution in [0.5, 0.6) is 0 Å². The number of hydrogen-bond acceptors (Lipinski definition) is 11. The van der Waals surface area contributed by atoms with Gasteiger partial charge in [-0.2, -0.15) is 0 Å². The van der Waals surface area contributed by atoms with Gasteiger partial charge in [0, 0.05) is 112 Å². The van der Waals surface area contributed by atoms with Crippen molar-refractivity contribution in [2.75, 3.05) is 141 Å². The summed E-state index contributed by atoms with van der Waals surface area (Å²) < 4.78 is 16.0. The topological polar surface area (TPSA) is 139 Å². The van der Waals surface area contributed by atoms with Crippen LogP contribution in [0.1, 0.15) is 353 Å². The molecule has 15 nitrogen and oxygen atoms in total. The maximum Gasteiger partial charge on any atom is 0.254 e. The lowest BCUT2D eigenvalue weighted by molar-refractivity contribution is 0.0302. The number of piperidine rings is 1. The average Bonchev–Trinajstić information content (AvgIpc) is 1.28. The first-order chi connectivity index (χ1) is 63.7. The first-order valence-corrected chi connectivity index (χ1v) is 51.4. The first-order valence-electron chi connectivity index (χ1n) is 51.4. The van der Waals surface area contributed by atoms with Gasteiger partial charge in [0.15, 0.2) is 0 Å². The second kappa shape index (κ2) is 51.1. The number of amides is 4. The van der Waals surface area contributed by atoms with Crippen LogP contribution in [0.4, 0.5) is 11.4 Å². The van der Waals surface area contributed by atoms with E-state index in [-0.39, 0.29) is 66.9 Å². The molecule has 7 saturated heterocycles. The summed E-state index contributed by atoms with van der Waals surface area (Å²) in [6.07, 6.45) is 16.0. The standard InChI is InChI=1S/C17H25NO.C15H21NO2.2C15H21NO.2C15H23N.2C14H21NO/c1-17(2,3)14-9-7-8-13(12-14)16(19)18-15-10-5-4-6-11-15;1-15(2,3)13-6-4-5-12(11-13)14(17)16-7-9-18-10-8-16;2*1-15(2,3)13-8-6-7-12(11-13)14(17)16-9-4-5-10-16;1-15(2,3)14-6-4-12(5-7-14)13-8-10-16-11-9-13;1-15(2,3)14-8-6-7-13(11-14)12-16-9-4-5-10-16;1-14(2,3)12-4-6-13(7-5-12)15-8-10-16-11-9-15;1-14(2,3)12-5-4-6-13(11-12)15-7-9-16-10-8-15/h7-9,12,15H,4-6,10-11H2,1-3H3,(H,18,19);4-6,11H,7-10H2,1-3H3;2*6-8,11H,4-5,9-10H2,1-3H3;4-7,13,16H,8-11H2,1-3H3;6-8,11H,4-5,9-10,12H2,1-3H3;4-7H,8-11H2,1-3H3;4-6,11H,7-10H2,1-3H3. The molecule has 8 fully saturated rings. The fraction of sp³-hybridized carbons (Fsp3) is 0.567. The molecule has 15 heteroatoms. The molecule has 8 aromatic carbocycles. The SMILES string of the molecule is CC(C)(C)c1ccc(C2CCNCC2)cc1.CC(C)(C)c1ccc(N2CCOCC2)cc1.CC(C)(C)c1cccc(C(=O)N2CCCC2)c1.CC(C)(C)c1cccc(C(=O)N2CCCC2)c1.CC(C)(C)c1cccc(C(=O)N2CCOCC2)c1.CC(C)(C)c1cccc(C(=O)NC2CCCCC2)c1.CC(C)(C)c1cccc(CN2CCCC2)c1.CC(C)(C)c1cccc(N2CCOCC2)c1. The highest BCUT2D eigenvalue weighted by Gasteiger charge is 2.29. The number of carbonyl (C=O) groups is 4. The molecule has 2 N–H and O–H groups in total. The lowest BCUT2D eigenvalue weighted by Crippen LogP contribution is -2.40. The molecule has 8 aliphatic rings. The predicted octanol–water partition coefficient (Wildman–Crippen LogP) is 25.6.